The number of aliphatic hydroxyl groups excluding tert-OH is 2. The van der Waals surface area contributed by atoms with Gasteiger partial charge in [0.1, 0.15) is 35.9 Å². The second-order valence-corrected chi connectivity index (χ2v) is 31.6. The number of alkyl carbamates (subject to hydrolysis) is 1. The third kappa shape index (κ3) is 38.0. The first kappa shape index (κ1) is 89.7. The highest BCUT2D eigenvalue weighted by molar-refractivity contribution is 7.49. The Morgan fingerprint density at radius 1 is 0.549 bits per heavy atom. The fourth-order valence-electron chi connectivity index (χ4n) is 12.7. The third-order valence-corrected chi connectivity index (χ3v) is 19.9. The van der Waals surface area contributed by atoms with E-state index in [-0.39, 0.29) is 37.2 Å². The number of phosphoric acid groups is 1. The molecule has 0 aromatic heterocycles. The molecule has 4 N–H and O–H groups in total. The highest BCUT2D eigenvalue weighted by atomic mass is 35.6. The summed E-state index contributed by atoms with van der Waals surface area (Å²) in [5.41, 5.74) is -2.07. The number of rotatable bonds is 58. The molecule has 4 rings (SSSR count). The van der Waals surface area contributed by atoms with Gasteiger partial charge in [-0.05, 0) is 75.3 Å². The lowest BCUT2D eigenvalue weighted by Crippen LogP contribution is -2.78. The van der Waals surface area contributed by atoms with Crippen LogP contribution in [0.1, 0.15) is 291 Å². The fourth-order valence-corrected chi connectivity index (χ4v) is 14.2. The molecule has 23 heteroatoms. The fraction of sp³-hybridized carbons (Fsp3) is 0.709. The Balaban J connectivity index is 1.85. The maximum absolute atomic E-state index is 15.4. The molecule has 0 saturated carbocycles. The van der Waals surface area contributed by atoms with E-state index in [1.54, 1.807) is 73.7 Å². The molecule has 0 bridgehead atoms. The van der Waals surface area contributed by atoms with E-state index in [9.17, 15) is 29.4 Å². The highest BCUT2D eigenvalue weighted by Crippen LogP contribution is 2.53. The first-order valence-electron chi connectivity index (χ1n) is 38.5. The summed E-state index contributed by atoms with van der Waals surface area (Å²) in [5.74, 6) is -5.46. The van der Waals surface area contributed by atoms with Gasteiger partial charge in [0.15, 0.2) is 18.4 Å². The molecule has 578 valence electrons. The molecule has 3 aromatic rings. The van der Waals surface area contributed by atoms with Crippen molar-refractivity contribution in [2.24, 2.45) is 0 Å². The number of hydrogen-bond donors (Lipinski definition) is 4. The lowest BCUT2D eigenvalue weighted by molar-refractivity contribution is -0.395. The van der Waals surface area contributed by atoms with Crippen LogP contribution in [-0.2, 0) is 63.3 Å². The molecule has 1 saturated heterocycles. The van der Waals surface area contributed by atoms with Gasteiger partial charge in [-0.3, -0.25) is 23.7 Å². The van der Waals surface area contributed by atoms with Gasteiger partial charge in [0.2, 0.25) is 9.70 Å². The minimum atomic E-state index is -4.97. The number of para-hydroxylation sites is 2. The topological polar surface area (TPSA) is 250 Å². The van der Waals surface area contributed by atoms with Gasteiger partial charge in [0.25, 0.3) is 5.79 Å². The van der Waals surface area contributed by atoms with E-state index in [4.69, 9.17) is 76.8 Å². The van der Waals surface area contributed by atoms with Crippen LogP contribution in [0.2, 0.25) is 0 Å². The Bertz CT molecular complexity index is 2730. The molecule has 19 nitrogen and oxygen atoms in total. The Labute approximate surface area is 625 Å². The number of benzene rings is 3. The van der Waals surface area contributed by atoms with Crippen LogP contribution in [0, 0.1) is 0 Å². The molecule has 0 spiro atoms. The van der Waals surface area contributed by atoms with Crippen LogP contribution in [-0.4, -0.2) is 105 Å². The zero-order chi connectivity index (χ0) is 74.2. The number of hydrogen-bond acceptors (Lipinski definition) is 17. The van der Waals surface area contributed by atoms with Crippen molar-refractivity contribution in [1.82, 2.24) is 10.6 Å². The van der Waals surface area contributed by atoms with Crippen molar-refractivity contribution in [3.05, 3.63) is 96.6 Å². The summed E-state index contributed by atoms with van der Waals surface area (Å²) in [7, 11) is -4.97. The van der Waals surface area contributed by atoms with Crippen molar-refractivity contribution in [2.45, 2.75) is 344 Å². The number of amides is 2. The molecule has 1 aliphatic rings. The molecule has 1 heterocycles. The SMILES string of the molecule is CCCCCCCCCCC[C@H](CC(=O)NC(C)C[C@]1(COP(=O)(Oc2ccccc2)Oc2ccccc2)O[C@@H](O)[C@H](NC(=O)OCC(Cl)(Cl)Cl)[C@@](OCc2ccccc2)(OC(=O)C[C@@H](CCCCCCCCCCC)OC(=O)CCCCCCCCC)[C@@H]1O)OC(=O)CCCCCCCCC. The van der Waals surface area contributed by atoms with Crippen LogP contribution in [0.4, 0.5) is 4.79 Å². The van der Waals surface area contributed by atoms with Crippen molar-refractivity contribution in [1.29, 1.82) is 0 Å². The summed E-state index contributed by atoms with van der Waals surface area (Å²) in [4.78, 5) is 71.4. The molecular weight excluding hydrogens is 1390 g/mol. The number of carbonyl (C=O) groups is 5. The van der Waals surface area contributed by atoms with Gasteiger partial charge in [0.05, 0.1) is 26.1 Å². The van der Waals surface area contributed by atoms with Gasteiger partial charge < -0.3 is 58.3 Å². The van der Waals surface area contributed by atoms with E-state index in [1.807, 2.05) is 0 Å². The lowest BCUT2D eigenvalue weighted by Gasteiger charge is -2.55. The summed E-state index contributed by atoms with van der Waals surface area (Å²) in [6.07, 6.45) is 24.1. The number of nitrogens with one attached hydrogen (secondary N) is 2. The van der Waals surface area contributed by atoms with Gasteiger partial charge in [-0.15, -0.1) is 0 Å². The maximum Gasteiger partial charge on any atom is 0.587 e. The standard InChI is InChI=1S/C79H124Cl3N2O17P/c1-6-10-14-18-22-24-28-30-39-53-67(96-70(86)55-45-32-26-20-16-12-8-3)57-69(85)83-63(5)59-77(61-95-102(92,100-65-49-41-35-42-50-65)101-66-51-43-36-44-52-66)75(90)79(94-60-64-47-37-34-38-48-64,73(74(89)99-77)84-76(91)93-62-78(80,81)82)98-72(88)58-68(54-40-31-29-25-23-19-15-11-7-2)97-71(87)56-46-33-27-21-17-13-9-4/h34-38,41-44,47-52,63,67-68,73-75,89-90H,6-33,39-40,45-46,53-62H2,1-5H3,(H,83,85)(H,84,91)/t63?,67-,68-,73+,74-,75-,77-,79-/m1/s1. The first-order chi connectivity index (χ1) is 49.2. The summed E-state index contributed by atoms with van der Waals surface area (Å²) >= 11 is 18.2. The zero-order valence-electron chi connectivity index (χ0n) is 61.9. The smallest absolute Gasteiger partial charge is 0.462 e. The molecular formula is C79H124Cl3N2O17P. The van der Waals surface area contributed by atoms with Gasteiger partial charge in [-0.1, -0.05) is 309 Å². The molecule has 102 heavy (non-hydrogen) atoms. The predicted octanol–water partition coefficient (Wildman–Crippen LogP) is 20.3. The molecule has 1 unspecified atom stereocenters. The number of phosphoric ester groups is 1. The second-order valence-electron chi connectivity index (χ2n) is 27.6. The Morgan fingerprint density at radius 3 is 1.38 bits per heavy atom. The van der Waals surface area contributed by atoms with E-state index in [0.29, 0.717) is 37.7 Å². The van der Waals surface area contributed by atoms with Crippen LogP contribution < -0.4 is 19.7 Å². The number of esters is 3. The Hall–Kier alpha value is -4.69. The normalized spacial score (nSPS) is 18.5. The minimum absolute atomic E-state index is 0.0452. The number of aliphatic hydroxyl groups is 2. The zero-order valence-corrected chi connectivity index (χ0v) is 65.1. The highest BCUT2D eigenvalue weighted by Gasteiger charge is 2.68. The largest absolute Gasteiger partial charge is 0.587 e. The Kier molecular flexibility index (Phi) is 46.0. The van der Waals surface area contributed by atoms with Gasteiger partial charge in [-0.25, -0.2) is 9.36 Å². The van der Waals surface area contributed by atoms with Crippen molar-refractivity contribution < 1.29 is 80.7 Å². The summed E-state index contributed by atoms with van der Waals surface area (Å²) in [5, 5.41) is 32.1. The number of alkyl halides is 3. The van der Waals surface area contributed by atoms with E-state index in [2.05, 4.69) is 38.3 Å². The van der Waals surface area contributed by atoms with E-state index >= 15 is 9.36 Å². The minimum Gasteiger partial charge on any atom is -0.462 e. The van der Waals surface area contributed by atoms with Crippen molar-refractivity contribution >= 4 is 72.5 Å². The number of carbonyl (C=O) groups excluding carboxylic acids is 5. The van der Waals surface area contributed by atoms with Crippen LogP contribution in [0.25, 0.3) is 0 Å². The number of unbranched alkanes of at least 4 members (excludes halogenated alkanes) is 28. The maximum atomic E-state index is 15.4. The molecule has 2 amide bonds. The van der Waals surface area contributed by atoms with E-state index in [0.717, 1.165) is 135 Å². The quantitative estimate of drug-likeness (QED) is 0.0102. The lowest BCUT2D eigenvalue weighted by atomic mass is 9.79. The number of halogens is 3. The van der Waals surface area contributed by atoms with Crippen LogP contribution in [0.3, 0.4) is 0 Å². The molecule has 3 aromatic carbocycles. The van der Waals surface area contributed by atoms with Crippen LogP contribution in [0.5, 0.6) is 11.5 Å². The average molecular weight is 1510 g/mol. The second kappa shape index (κ2) is 52.3. The predicted molar refractivity (Wildman–Crippen MR) is 402 cm³/mol. The van der Waals surface area contributed by atoms with Gasteiger partial charge in [0, 0.05) is 25.3 Å². The van der Waals surface area contributed by atoms with Crippen molar-refractivity contribution in [2.75, 3.05) is 13.2 Å². The van der Waals surface area contributed by atoms with Crippen molar-refractivity contribution in [3.63, 3.8) is 0 Å². The first-order valence-corrected chi connectivity index (χ1v) is 41.1. The molecule has 1 fully saturated rings. The van der Waals surface area contributed by atoms with E-state index in [1.165, 1.54) is 69.2 Å². The van der Waals surface area contributed by atoms with Gasteiger partial charge >= 0.3 is 31.8 Å². The van der Waals surface area contributed by atoms with Crippen LogP contribution in [0.15, 0.2) is 91.0 Å². The Morgan fingerprint density at radius 2 is 0.951 bits per heavy atom. The van der Waals surface area contributed by atoms with Crippen molar-refractivity contribution in [3.8, 4) is 11.5 Å². The monoisotopic (exact) mass is 1510 g/mol. The average Bonchev–Trinajstić information content (AvgIpc) is 0.724. The molecule has 1 aliphatic heterocycles. The summed E-state index contributed by atoms with van der Waals surface area (Å²) < 4.78 is 69.2. The summed E-state index contributed by atoms with van der Waals surface area (Å²) in [6, 6.07) is 21.3. The third-order valence-electron chi connectivity index (χ3n) is 18.3. The molecule has 0 radical (unpaired) electrons. The number of ether oxygens (including phenoxy) is 6. The molecule has 8 atom stereocenters. The van der Waals surface area contributed by atoms with Gasteiger partial charge in [-0.2, -0.15) is 0 Å². The summed E-state index contributed by atoms with van der Waals surface area (Å²) in [6.45, 7) is 7.93. The molecule has 0 aliphatic carbocycles. The van der Waals surface area contributed by atoms with E-state index < -0.39 is 122 Å². The van der Waals surface area contributed by atoms with Crippen LogP contribution >= 0.6 is 42.6 Å².